The third-order valence-corrected chi connectivity index (χ3v) is 2.35. The first-order valence-electron chi connectivity index (χ1n) is 4.46. The molecule has 1 aromatic heterocycles. The molecule has 1 heterocycles. The molecule has 0 bridgehead atoms. The summed E-state index contributed by atoms with van der Waals surface area (Å²) in [6.45, 7) is 1.66. The highest BCUT2D eigenvalue weighted by Crippen LogP contribution is 2.02. The van der Waals surface area contributed by atoms with Crippen LogP contribution >= 0.6 is 11.3 Å². The highest BCUT2D eigenvalue weighted by Gasteiger charge is 2.11. The minimum absolute atomic E-state index is 0.0667. The van der Waals surface area contributed by atoms with Gasteiger partial charge in [0.2, 0.25) is 5.91 Å². The first-order valence-corrected chi connectivity index (χ1v) is 5.40. The van der Waals surface area contributed by atoms with Gasteiger partial charge in [0.05, 0.1) is 24.0 Å². The van der Waals surface area contributed by atoms with Crippen LogP contribution in [0.3, 0.4) is 0 Å². The molecule has 0 radical (unpaired) electrons. The van der Waals surface area contributed by atoms with Crippen LogP contribution < -0.4 is 5.32 Å². The lowest BCUT2D eigenvalue weighted by atomic mass is 10.2. The number of hydrogen-bond donors (Lipinski definition) is 2. The van der Waals surface area contributed by atoms with Gasteiger partial charge in [-0.2, -0.15) is 0 Å². The van der Waals surface area contributed by atoms with E-state index in [0.29, 0.717) is 5.69 Å². The zero-order chi connectivity index (χ0) is 11.3. The van der Waals surface area contributed by atoms with E-state index >= 15 is 0 Å². The van der Waals surface area contributed by atoms with Crippen LogP contribution in [-0.2, 0) is 16.0 Å². The van der Waals surface area contributed by atoms with Crippen LogP contribution in [0.5, 0.6) is 0 Å². The molecule has 2 N–H and O–H groups in total. The van der Waals surface area contributed by atoms with E-state index in [1.807, 2.05) is 0 Å². The predicted molar refractivity (Wildman–Crippen MR) is 55.7 cm³/mol. The van der Waals surface area contributed by atoms with Crippen LogP contribution in [-0.4, -0.2) is 28.0 Å². The molecule has 0 aliphatic rings. The molecular formula is C9H12N2O3S. The topological polar surface area (TPSA) is 79.3 Å². The van der Waals surface area contributed by atoms with E-state index in [0.717, 1.165) is 0 Å². The number of carbonyl (C=O) groups is 2. The molecule has 0 aliphatic carbocycles. The van der Waals surface area contributed by atoms with Gasteiger partial charge in [-0.3, -0.25) is 9.59 Å². The van der Waals surface area contributed by atoms with Gasteiger partial charge >= 0.3 is 5.97 Å². The zero-order valence-corrected chi connectivity index (χ0v) is 9.08. The van der Waals surface area contributed by atoms with Crippen molar-refractivity contribution in [3.05, 3.63) is 16.6 Å². The number of aromatic nitrogens is 1. The lowest BCUT2D eigenvalue weighted by Crippen LogP contribution is -2.35. The first-order chi connectivity index (χ1) is 7.08. The normalized spacial score (nSPS) is 12.1. The van der Waals surface area contributed by atoms with Crippen LogP contribution in [0, 0.1) is 0 Å². The Morgan fingerprint density at radius 3 is 2.93 bits per heavy atom. The highest BCUT2D eigenvalue weighted by molar-refractivity contribution is 7.07. The molecule has 0 fully saturated rings. The number of carbonyl (C=O) groups excluding carboxylic acids is 1. The van der Waals surface area contributed by atoms with Gasteiger partial charge in [-0.1, -0.05) is 0 Å². The molecular weight excluding hydrogens is 216 g/mol. The van der Waals surface area contributed by atoms with Crippen molar-refractivity contribution in [1.29, 1.82) is 0 Å². The summed E-state index contributed by atoms with van der Waals surface area (Å²) in [5.41, 5.74) is 2.36. The van der Waals surface area contributed by atoms with E-state index in [1.54, 1.807) is 17.8 Å². The Bertz CT molecular complexity index is 337. The van der Waals surface area contributed by atoms with Crippen molar-refractivity contribution in [2.24, 2.45) is 0 Å². The van der Waals surface area contributed by atoms with Crippen molar-refractivity contribution in [3.63, 3.8) is 0 Å². The van der Waals surface area contributed by atoms with Gasteiger partial charge in [-0.25, -0.2) is 4.98 Å². The van der Waals surface area contributed by atoms with E-state index in [-0.39, 0.29) is 24.8 Å². The van der Waals surface area contributed by atoms with E-state index in [2.05, 4.69) is 10.3 Å². The SMILES string of the molecule is CC(CC(=O)O)NC(=O)Cc1cscn1. The summed E-state index contributed by atoms with van der Waals surface area (Å²) in [7, 11) is 0. The van der Waals surface area contributed by atoms with Gasteiger partial charge in [0.1, 0.15) is 0 Å². The average molecular weight is 228 g/mol. The molecule has 1 unspecified atom stereocenters. The van der Waals surface area contributed by atoms with Crippen molar-refractivity contribution in [2.45, 2.75) is 25.8 Å². The second-order valence-corrected chi connectivity index (χ2v) is 3.94. The Kier molecular flexibility index (Phi) is 4.23. The molecule has 1 rings (SSSR count). The zero-order valence-electron chi connectivity index (χ0n) is 8.27. The summed E-state index contributed by atoms with van der Waals surface area (Å²) >= 11 is 1.43. The fourth-order valence-corrected chi connectivity index (χ4v) is 1.69. The number of rotatable bonds is 5. The predicted octanol–water partition coefficient (Wildman–Crippen LogP) is 0.665. The summed E-state index contributed by atoms with van der Waals surface area (Å²) in [6.07, 6.45) is 0.135. The lowest BCUT2D eigenvalue weighted by Gasteiger charge is -2.10. The van der Waals surface area contributed by atoms with Crippen LogP contribution in [0.2, 0.25) is 0 Å². The number of carboxylic acids is 1. The smallest absolute Gasteiger partial charge is 0.305 e. The van der Waals surface area contributed by atoms with Gasteiger partial charge in [0.25, 0.3) is 0 Å². The third kappa shape index (κ3) is 4.55. The van der Waals surface area contributed by atoms with Crippen LogP contribution in [0.25, 0.3) is 0 Å². The summed E-state index contributed by atoms with van der Waals surface area (Å²) < 4.78 is 0. The van der Waals surface area contributed by atoms with Crippen molar-refractivity contribution < 1.29 is 14.7 Å². The van der Waals surface area contributed by atoms with Gasteiger partial charge in [0.15, 0.2) is 0 Å². The molecule has 0 saturated carbocycles. The minimum atomic E-state index is -0.920. The fraction of sp³-hybridized carbons (Fsp3) is 0.444. The quantitative estimate of drug-likeness (QED) is 0.776. The van der Waals surface area contributed by atoms with Crippen molar-refractivity contribution in [1.82, 2.24) is 10.3 Å². The van der Waals surface area contributed by atoms with Gasteiger partial charge in [-0.15, -0.1) is 11.3 Å². The molecule has 15 heavy (non-hydrogen) atoms. The lowest BCUT2D eigenvalue weighted by molar-refractivity contribution is -0.137. The Morgan fingerprint density at radius 2 is 2.40 bits per heavy atom. The highest BCUT2D eigenvalue weighted by atomic mass is 32.1. The van der Waals surface area contributed by atoms with Crippen LogP contribution in [0.4, 0.5) is 0 Å². The standard InChI is InChI=1S/C9H12N2O3S/c1-6(2-9(13)14)11-8(12)3-7-4-15-5-10-7/h4-6H,2-3H2,1H3,(H,11,12)(H,13,14). The van der Waals surface area contributed by atoms with Gasteiger partial charge in [-0.05, 0) is 6.92 Å². The third-order valence-electron chi connectivity index (χ3n) is 1.71. The van der Waals surface area contributed by atoms with Crippen LogP contribution in [0.15, 0.2) is 10.9 Å². The molecule has 0 spiro atoms. The molecule has 0 aliphatic heterocycles. The maximum absolute atomic E-state index is 11.4. The number of thiazole rings is 1. The Balaban J connectivity index is 2.33. The second kappa shape index (κ2) is 5.45. The first kappa shape index (κ1) is 11.6. The number of nitrogens with zero attached hydrogens (tertiary/aromatic N) is 1. The maximum Gasteiger partial charge on any atom is 0.305 e. The van der Waals surface area contributed by atoms with E-state index in [1.165, 1.54) is 11.3 Å². The molecule has 1 atom stereocenters. The number of nitrogens with one attached hydrogen (secondary N) is 1. The number of carboxylic acid groups (broad SMARTS) is 1. The monoisotopic (exact) mass is 228 g/mol. The summed E-state index contributed by atoms with van der Waals surface area (Å²) in [6, 6.07) is -0.353. The molecule has 1 amide bonds. The molecule has 82 valence electrons. The van der Waals surface area contributed by atoms with E-state index in [9.17, 15) is 9.59 Å². The van der Waals surface area contributed by atoms with Crippen LogP contribution in [0.1, 0.15) is 19.0 Å². The molecule has 1 aromatic rings. The molecule has 0 aromatic carbocycles. The molecule has 6 heteroatoms. The Morgan fingerprint density at radius 1 is 1.67 bits per heavy atom. The summed E-state index contributed by atoms with van der Waals surface area (Å²) in [5.74, 6) is -1.12. The Labute approximate surface area is 91.1 Å². The summed E-state index contributed by atoms with van der Waals surface area (Å²) in [5, 5.41) is 12.9. The van der Waals surface area contributed by atoms with Crippen molar-refractivity contribution in [3.8, 4) is 0 Å². The second-order valence-electron chi connectivity index (χ2n) is 3.22. The fourth-order valence-electron chi connectivity index (χ4n) is 1.13. The van der Waals surface area contributed by atoms with Gasteiger partial charge < -0.3 is 10.4 Å². The molecule has 5 nitrogen and oxygen atoms in total. The maximum atomic E-state index is 11.4. The molecule has 0 saturated heterocycles. The van der Waals surface area contributed by atoms with E-state index < -0.39 is 5.97 Å². The minimum Gasteiger partial charge on any atom is -0.481 e. The van der Waals surface area contributed by atoms with Gasteiger partial charge in [0, 0.05) is 11.4 Å². The number of aliphatic carboxylic acids is 1. The number of amides is 1. The Hall–Kier alpha value is -1.43. The van der Waals surface area contributed by atoms with Crippen molar-refractivity contribution in [2.75, 3.05) is 0 Å². The van der Waals surface area contributed by atoms with E-state index in [4.69, 9.17) is 5.11 Å². The summed E-state index contributed by atoms with van der Waals surface area (Å²) in [4.78, 5) is 25.7. The van der Waals surface area contributed by atoms with Crippen molar-refractivity contribution >= 4 is 23.2 Å². The number of hydrogen-bond acceptors (Lipinski definition) is 4. The average Bonchev–Trinajstić information content (AvgIpc) is 2.53. The largest absolute Gasteiger partial charge is 0.481 e.